The van der Waals surface area contributed by atoms with E-state index in [0.717, 1.165) is 12.1 Å². The third kappa shape index (κ3) is 1.16. The first-order valence-electron chi connectivity index (χ1n) is 4.08. The van der Waals surface area contributed by atoms with Gasteiger partial charge in [-0.1, -0.05) is 0 Å². The Balaban J connectivity index is 2.59. The van der Waals surface area contributed by atoms with E-state index in [2.05, 4.69) is 0 Å². The highest BCUT2D eigenvalue weighted by Crippen LogP contribution is 2.41. The highest BCUT2D eigenvalue weighted by atomic mass is 19.3. The summed E-state index contributed by atoms with van der Waals surface area (Å²) in [6.07, 6.45) is -0.655. The number of rotatable bonds is 0. The zero-order chi connectivity index (χ0) is 10.5. The number of hydrogen-bond donors (Lipinski definition) is 1. The normalized spacial score (nSPS) is 18.5. The number of halogens is 3. The Morgan fingerprint density at radius 3 is 2.71 bits per heavy atom. The topological polar surface area (TPSA) is 23.5 Å². The van der Waals surface area contributed by atoms with E-state index in [1.807, 2.05) is 0 Å². The molecule has 1 aliphatic rings. The first-order chi connectivity index (χ1) is 6.42. The standard InChI is InChI=1S/C9H8F3NO/c1-5-2-7(10)3-6-4-9(11,12)13(14)8(5)6/h2-3,14H,4H2,1H3. The second-order valence-corrected chi connectivity index (χ2v) is 3.38. The maximum Gasteiger partial charge on any atom is 0.351 e. The van der Waals surface area contributed by atoms with Gasteiger partial charge in [0.1, 0.15) is 5.82 Å². The maximum atomic E-state index is 13.0. The highest BCUT2D eigenvalue weighted by molar-refractivity contribution is 5.62. The van der Waals surface area contributed by atoms with E-state index in [4.69, 9.17) is 5.21 Å². The van der Waals surface area contributed by atoms with Crippen LogP contribution in [0.5, 0.6) is 0 Å². The predicted molar refractivity (Wildman–Crippen MR) is 44.1 cm³/mol. The van der Waals surface area contributed by atoms with Crippen LogP contribution in [0.3, 0.4) is 0 Å². The molecular weight excluding hydrogens is 195 g/mol. The first kappa shape index (κ1) is 9.33. The summed E-state index contributed by atoms with van der Waals surface area (Å²) in [6, 6.07) is -1.20. The maximum absolute atomic E-state index is 13.0. The summed E-state index contributed by atoms with van der Waals surface area (Å²) in [5.74, 6) is -0.563. The molecule has 2 rings (SSSR count). The molecule has 1 N–H and O–H groups in total. The van der Waals surface area contributed by atoms with Gasteiger partial charge in [-0.2, -0.15) is 13.8 Å². The smallest absolute Gasteiger partial charge is 0.283 e. The highest BCUT2D eigenvalue weighted by Gasteiger charge is 2.45. The lowest BCUT2D eigenvalue weighted by molar-refractivity contribution is -0.0609. The van der Waals surface area contributed by atoms with E-state index < -0.39 is 18.3 Å². The molecule has 0 spiro atoms. The van der Waals surface area contributed by atoms with Crippen molar-refractivity contribution in [2.75, 3.05) is 5.06 Å². The van der Waals surface area contributed by atoms with E-state index in [-0.39, 0.29) is 16.3 Å². The summed E-state index contributed by atoms with van der Waals surface area (Å²) in [5, 5.41) is 9.06. The molecule has 0 radical (unpaired) electrons. The van der Waals surface area contributed by atoms with Crippen molar-refractivity contribution in [1.82, 2.24) is 0 Å². The van der Waals surface area contributed by atoms with Gasteiger partial charge in [0.2, 0.25) is 0 Å². The molecular formula is C9H8F3NO. The molecule has 76 valence electrons. The molecule has 0 saturated heterocycles. The Labute approximate surface area is 78.5 Å². The number of fused-ring (bicyclic) bond motifs is 1. The number of hydroxylamine groups is 1. The monoisotopic (exact) mass is 203 g/mol. The van der Waals surface area contributed by atoms with Crippen LogP contribution in [-0.2, 0) is 6.42 Å². The SMILES string of the molecule is Cc1cc(F)cc2c1N(O)C(F)(F)C2. The zero-order valence-corrected chi connectivity index (χ0v) is 7.39. The van der Waals surface area contributed by atoms with E-state index in [1.165, 1.54) is 6.92 Å². The minimum absolute atomic E-state index is 0.0106. The summed E-state index contributed by atoms with van der Waals surface area (Å²) in [4.78, 5) is 0. The second kappa shape index (κ2) is 2.63. The van der Waals surface area contributed by atoms with Crippen LogP contribution in [0.4, 0.5) is 18.9 Å². The molecule has 0 fully saturated rings. The van der Waals surface area contributed by atoms with Crippen LogP contribution in [0.2, 0.25) is 0 Å². The Hall–Kier alpha value is -1.23. The van der Waals surface area contributed by atoms with Crippen molar-refractivity contribution >= 4 is 5.69 Å². The Morgan fingerprint density at radius 1 is 1.43 bits per heavy atom. The van der Waals surface area contributed by atoms with Gasteiger partial charge in [0.15, 0.2) is 0 Å². The summed E-state index contributed by atoms with van der Waals surface area (Å²) < 4.78 is 38.8. The van der Waals surface area contributed by atoms with Crippen LogP contribution >= 0.6 is 0 Å². The lowest BCUT2D eigenvalue weighted by atomic mass is 10.1. The van der Waals surface area contributed by atoms with Crippen molar-refractivity contribution in [1.29, 1.82) is 0 Å². The Bertz CT molecular complexity index is 392. The minimum Gasteiger partial charge on any atom is -0.283 e. The minimum atomic E-state index is -3.33. The summed E-state index contributed by atoms with van der Waals surface area (Å²) in [5.41, 5.74) is 0.450. The Morgan fingerprint density at radius 2 is 2.07 bits per heavy atom. The average molecular weight is 203 g/mol. The molecule has 0 aliphatic carbocycles. The first-order valence-corrected chi connectivity index (χ1v) is 4.08. The van der Waals surface area contributed by atoms with Gasteiger partial charge in [-0.05, 0) is 30.2 Å². The van der Waals surface area contributed by atoms with Crippen molar-refractivity contribution in [3.05, 3.63) is 29.1 Å². The van der Waals surface area contributed by atoms with Gasteiger partial charge in [0.05, 0.1) is 12.1 Å². The lowest BCUT2D eigenvalue weighted by Crippen LogP contribution is -2.35. The van der Waals surface area contributed by atoms with Crippen molar-refractivity contribution < 1.29 is 18.4 Å². The molecule has 1 aliphatic heterocycles. The van der Waals surface area contributed by atoms with Crippen LogP contribution < -0.4 is 5.06 Å². The number of benzene rings is 1. The number of aryl methyl sites for hydroxylation is 1. The summed E-state index contributed by atoms with van der Waals surface area (Å²) in [7, 11) is 0. The second-order valence-electron chi connectivity index (χ2n) is 3.38. The number of hydrogen-bond acceptors (Lipinski definition) is 2. The lowest BCUT2D eigenvalue weighted by Gasteiger charge is -2.19. The average Bonchev–Trinajstić information content (AvgIpc) is 2.21. The number of alkyl halides is 2. The van der Waals surface area contributed by atoms with Crippen LogP contribution in [0, 0.1) is 12.7 Å². The third-order valence-electron chi connectivity index (χ3n) is 2.27. The Kier molecular flexibility index (Phi) is 1.75. The van der Waals surface area contributed by atoms with Gasteiger partial charge in [-0.15, -0.1) is 0 Å². The molecule has 1 aromatic carbocycles. The molecule has 0 bridgehead atoms. The van der Waals surface area contributed by atoms with Crippen molar-refractivity contribution in [2.45, 2.75) is 19.4 Å². The van der Waals surface area contributed by atoms with E-state index in [9.17, 15) is 13.2 Å². The van der Waals surface area contributed by atoms with Gasteiger partial charge in [0.25, 0.3) is 0 Å². The predicted octanol–water partition coefficient (Wildman–Crippen LogP) is 2.48. The zero-order valence-electron chi connectivity index (χ0n) is 7.39. The largest absolute Gasteiger partial charge is 0.351 e. The van der Waals surface area contributed by atoms with Gasteiger partial charge in [-0.25, -0.2) is 4.39 Å². The van der Waals surface area contributed by atoms with Gasteiger partial charge in [0, 0.05) is 0 Å². The van der Waals surface area contributed by atoms with Gasteiger partial charge < -0.3 is 0 Å². The molecule has 0 atom stereocenters. The van der Waals surface area contributed by atoms with E-state index in [0.29, 0.717) is 5.56 Å². The van der Waals surface area contributed by atoms with Crippen molar-refractivity contribution in [2.24, 2.45) is 0 Å². The molecule has 0 unspecified atom stereocenters. The molecule has 0 aromatic heterocycles. The van der Waals surface area contributed by atoms with E-state index >= 15 is 0 Å². The quantitative estimate of drug-likeness (QED) is 0.655. The molecule has 0 amide bonds. The molecule has 2 nitrogen and oxygen atoms in total. The number of anilines is 1. The summed E-state index contributed by atoms with van der Waals surface area (Å²) in [6.45, 7) is 1.48. The van der Waals surface area contributed by atoms with Gasteiger partial charge in [-0.3, -0.25) is 5.21 Å². The third-order valence-corrected chi connectivity index (χ3v) is 2.27. The van der Waals surface area contributed by atoms with Crippen LogP contribution in [-0.4, -0.2) is 11.3 Å². The van der Waals surface area contributed by atoms with Crippen LogP contribution in [0.1, 0.15) is 11.1 Å². The fraction of sp³-hybridized carbons (Fsp3) is 0.333. The molecule has 14 heavy (non-hydrogen) atoms. The van der Waals surface area contributed by atoms with Crippen LogP contribution in [0.15, 0.2) is 12.1 Å². The molecule has 1 heterocycles. The molecule has 1 aromatic rings. The summed E-state index contributed by atoms with van der Waals surface area (Å²) >= 11 is 0. The van der Waals surface area contributed by atoms with E-state index in [1.54, 1.807) is 0 Å². The molecule has 5 heteroatoms. The molecule has 0 saturated carbocycles. The van der Waals surface area contributed by atoms with Gasteiger partial charge >= 0.3 is 6.05 Å². The fourth-order valence-electron chi connectivity index (χ4n) is 1.71. The van der Waals surface area contributed by atoms with Crippen LogP contribution in [0.25, 0.3) is 0 Å². The fourth-order valence-corrected chi connectivity index (χ4v) is 1.71. The van der Waals surface area contributed by atoms with Crippen molar-refractivity contribution in [3.63, 3.8) is 0 Å². The van der Waals surface area contributed by atoms with Crippen molar-refractivity contribution in [3.8, 4) is 0 Å². The number of nitrogens with zero attached hydrogens (tertiary/aromatic N) is 1.